The molecule has 0 aromatic heterocycles. The summed E-state index contributed by atoms with van der Waals surface area (Å²) < 4.78 is 41.8. The number of para-hydroxylation sites is 1. The first-order valence-electron chi connectivity index (χ1n) is 11.6. The number of alkyl halides is 3. The normalized spacial score (nSPS) is 23.3. The number of amides is 2. The van der Waals surface area contributed by atoms with Crippen molar-refractivity contribution in [3.8, 4) is 5.75 Å². The van der Waals surface area contributed by atoms with Crippen molar-refractivity contribution in [1.82, 2.24) is 15.1 Å². The molecule has 2 heterocycles. The summed E-state index contributed by atoms with van der Waals surface area (Å²) >= 11 is 0. The zero-order valence-electron chi connectivity index (χ0n) is 19.4. The molecule has 2 amide bonds. The van der Waals surface area contributed by atoms with Crippen molar-refractivity contribution >= 4 is 17.5 Å². The lowest BCUT2D eigenvalue weighted by atomic mass is 10.0. The van der Waals surface area contributed by atoms with Crippen LogP contribution in [-0.4, -0.2) is 66.2 Å². The molecule has 2 aliphatic heterocycles. The highest BCUT2D eigenvalue weighted by Gasteiger charge is 2.45. The van der Waals surface area contributed by atoms with Crippen molar-refractivity contribution in [2.75, 3.05) is 25.5 Å². The van der Waals surface area contributed by atoms with E-state index in [1.54, 1.807) is 6.07 Å². The summed E-state index contributed by atoms with van der Waals surface area (Å²) in [5.74, 6) is -0.453. The molecule has 0 spiro atoms. The highest BCUT2D eigenvalue weighted by Crippen LogP contribution is 2.30. The number of halogens is 3. The van der Waals surface area contributed by atoms with Crippen molar-refractivity contribution in [2.24, 2.45) is 0 Å². The number of carbonyl (C=O) groups excluding carboxylic acids is 2. The predicted molar refractivity (Wildman–Crippen MR) is 125 cm³/mol. The molecule has 0 bridgehead atoms. The Morgan fingerprint density at radius 2 is 1.94 bits per heavy atom. The van der Waals surface area contributed by atoms with Crippen molar-refractivity contribution in [1.29, 1.82) is 0 Å². The van der Waals surface area contributed by atoms with E-state index in [1.807, 2.05) is 42.3 Å². The average Bonchev–Trinajstić information content (AvgIpc) is 3.17. The number of hydrogen-bond acceptors (Lipinski definition) is 5. The molecule has 7 nitrogen and oxygen atoms in total. The standard InChI is InChI=1S/C25H29F3N4O3/c1-31-19(10-11-22(33)30-18-7-3-2-4-8-18)15-29-24(34)23-21(31)12-13-32(23)16-17-6-5-9-20(14-17)35-25(26,27)28/h2-9,14,19,21,23H,10-13,15-16H2,1H3,(H,29,34)(H,30,33). The van der Waals surface area contributed by atoms with Crippen LogP contribution >= 0.6 is 0 Å². The minimum atomic E-state index is -4.76. The quantitative estimate of drug-likeness (QED) is 0.623. The Balaban J connectivity index is 1.37. The van der Waals surface area contributed by atoms with Crippen LogP contribution in [0.1, 0.15) is 24.8 Å². The lowest BCUT2D eigenvalue weighted by molar-refractivity contribution is -0.274. The lowest BCUT2D eigenvalue weighted by Gasteiger charge is -2.33. The Morgan fingerprint density at radius 3 is 2.69 bits per heavy atom. The van der Waals surface area contributed by atoms with Gasteiger partial charge in [0.1, 0.15) is 11.8 Å². The molecule has 4 rings (SSSR count). The zero-order chi connectivity index (χ0) is 25.0. The third kappa shape index (κ3) is 6.52. The summed E-state index contributed by atoms with van der Waals surface area (Å²) in [5, 5.41) is 5.89. The van der Waals surface area contributed by atoms with E-state index in [0.717, 1.165) is 12.1 Å². The van der Waals surface area contributed by atoms with Crippen molar-refractivity contribution < 1.29 is 27.5 Å². The van der Waals surface area contributed by atoms with Gasteiger partial charge in [0.2, 0.25) is 11.8 Å². The van der Waals surface area contributed by atoms with Gasteiger partial charge < -0.3 is 15.4 Å². The number of hydrogen-bond donors (Lipinski definition) is 2. The fraction of sp³-hybridized carbons (Fsp3) is 0.440. The third-order valence-electron chi connectivity index (χ3n) is 6.63. The average molecular weight is 491 g/mol. The monoisotopic (exact) mass is 490 g/mol. The molecule has 3 unspecified atom stereocenters. The highest BCUT2D eigenvalue weighted by molar-refractivity contribution is 5.90. The van der Waals surface area contributed by atoms with Crippen LogP contribution in [0.15, 0.2) is 54.6 Å². The van der Waals surface area contributed by atoms with E-state index in [9.17, 15) is 22.8 Å². The van der Waals surface area contributed by atoms with Crippen LogP contribution < -0.4 is 15.4 Å². The van der Waals surface area contributed by atoms with Crippen molar-refractivity contribution in [3.63, 3.8) is 0 Å². The molecule has 0 radical (unpaired) electrons. The number of fused-ring (bicyclic) bond motifs is 1. The van der Waals surface area contributed by atoms with Gasteiger partial charge in [-0.05, 0) is 49.7 Å². The van der Waals surface area contributed by atoms with Gasteiger partial charge in [0.15, 0.2) is 0 Å². The number of ether oxygens (including phenoxy) is 1. The summed E-state index contributed by atoms with van der Waals surface area (Å²) in [5.41, 5.74) is 1.39. The van der Waals surface area contributed by atoms with Crippen LogP contribution in [0.3, 0.4) is 0 Å². The molecule has 3 atom stereocenters. The van der Waals surface area contributed by atoms with Gasteiger partial charge in [-0.15, -0.1) is 13.2 Å². The summed E-state index contributed by atoms with van der Waals surface area (Å²) in [6.07, 6.45) is -3.09. The molecule has 0 saturated carbocycles. The second kappa shape index (κ2) is 10.7. The van der Waals surface area contributed by atoms with Crippen molar-refractivity contribution in [2.45, 2.75) is 50.3 Å². The maximum absolute atomic E-state index is 13.0. The summed E-state index contributed by atoms with van der Waals surface area (Å²) in [6, 6.07) is 14.6. The SMILES string of the molecule is CN1C(CCC(=O)Nc2ccccc2)CNC(=O)C2C1CCN2Cc1cccc(OC(F)(F)F)c1. The highest BCUT2D eigenvalue weighted by atomic mass is 19.4. The van der Waals surface area contributed by atoms with E-state index in [2.05, 4.69) is 20.3 Å². The molecule has 2 aromatic rings. The van der Waals surface area contributed by atoms with Crippen LogP contribution in [0, 0.1) is 0 Å². The third-order valence-corrected chi connectivity index (χ3v) is 6.63. The first kappa shape index (κ1) is 25.0. The van der Waals surface area contributed by atoms with Crippen molar-refractivity contribution in [3.05, 3.63) is 60.2 Å². The number of carbonyl (C=O) groups is 2. The molecule has 2 aromatic carbocycles. The van der Waals surface area contributed by atoms with Gasteiger partial charge in [0.25, 0.3) is 0 Å². The molecular weight excluding hydrogens is 461 g/mol. The molecule has 2 aliphatic rings. The zero-order valence-corrected chi connectivity index (χ0v) is 19.4. The predicted octanol–water partition coefficient (Wildman–Crippen LogP) is 3.38. The number of likely N-dealkylation sites (N-methyl/N-ethyl adjacent to an activating group) is 1. The van der Waals surface area contributed by atoms with Gasteiger partial charge in [-0.2, -0.15) is 0 Å². The van der Waals surface area contributed by atoms with Crippen LogP contribution in [0.5, 0.6) is 5.75 Å². The first-order valence-corrected chi connectivity index (χ1v) is 11.6. The molecule has 35 heavy (non-hydrogen) atoms. The minimum absolute atomic E-state index is 0.000984. The molecular formula is C25H29F3N4O3. The molecule has 2 fully saturated rings. The fourth-order valence-corrected chi connectivity index (χ4v) is 4.94. The maximum atomic E-state index is 13.0. The smallest absolute Gasteiger partial charge is 0.406 e. The number of nitrogens with zero attached hydrogens (tertiary/aromatic N) is 2. The van der Waals surface area contributed by atoms with Gasteiger partial charge in [-0.3, -0.25) is 19.4 Å². The number of nitrogens with one attached hydrogen (secondary N) is 2. The molecule has 10 heteroatoms. The van der Waals surface area contributed by atoms with E-state index < -0.39 is 12.4 Å². The largest absolute Gasteiger partial charge is 0.573 e. The van der Waals surface area contributed by atoms with Gasteiger partial charge >= 0.3 is 6.36 Å². The topological polar surface area (TPSA) is 73.9 Å². The van der Waals surface area contributed by atoms with Gasteiger partial charge in [0.05, 0.1) is 0 Å². The molecule has 0 aliphatic carbocycles. The number of likely N-dealkylation sites (tertiary alicyclic amines) is 1. The lowest BCUT2D eigenvalue weighted by Crippen LogP contribution is -2.49. The Kier molecular flexibility index (Phi) is 7.61. The first-order chi connectivity index (χ1) is 16.7. The summed E-state index contributed by atoms with van der Waals surface area (Å²) in [6.45, 7) is 1.41. The molecule has 2 N–H and O–H groups in total. The Labute approximate surface area is 202 Å². The van der Waals surface area contributed by atoms with E-state index in [4.69, 9.17) is 0 Å². The van der Waals surface area contributed by atoms with E-state index in [0.29, 0.717) is 38.0 Å². The van der Waals surface area contributed by atoms with E-state index in [-0.39, 0.29) is 29.6 Å². The number of benzene rings is 2. The minimum Gasteiger partial charge on any atom is -0.406 e. The van der Waals surface area contributed by atoms with Crippen LogP contribution in [0.4, 0.5) is 18.9 Å². The van der Waals surface area contributed by atoms with E-state index >= 15 is 0 Å². The van der Waals surface area contributed by atoms with Gasteiger partial charge in [-0.25, -0.2) is 0 Å². The molecule has 2 saturated heterocycles. The maximum Gasteiger partial charge on any atom is 0.573 e. The summed E-state index contributed by atoms with van der Waals surface area (Å²) in [4.78, 5) is 29.6. The second-order valence-corrected chi connectivity index (χ2v) is 8.98. The molecule has 188 valence electrons. The van der Waals surface area contributed by atoms with Crippen LogP contribution in [0.2, 0.25) is 0 Å². The number of anilines is 1. The van der Waals surface area contributed by atoms with Gasteiger partial charge in [-0.1, -0.05) is 30.3 Å². The Morgan fingerprint density at radius 1 is 1.17 bits per heavy atom. The Hall–Kier alpha value is -3.11. The fourth-order valence-electron chi connectivity index (χ4n) is 4.94. The van der Waals surface area contributed by atoms with Gasteiger partial charge in [0, 0.05) is 43.8 Å². The second-order valence-electron chi connectivity index (χ2n) is 8.98. The summed E-state index contributed by atoms with van der Waals surface area (Å²) in [7, 11) is 1.97. The van der Waals surface area contributed by atoms with Crippen LogP contribution in [-0.2, 0) is 16.1 Å². The van der Waals surface area contributed by atoms with Crippen LogP contribution in [0.25, 0.3) is 0 Å². The Bertz CT molecular complexity index is 1030. The number of rotatable bonds is 7. The van der Waals surface area contributed by atoms with E-state index in [1.165, 1.54) is 18.2 Å².